The van der Waals surface area contributed by atoms with Crippen LogP contribution in [0.3, 0.4) is 0 Å². The van der Waals surface area contributed by atoms with Gasteiger partial charge in [-0.1, -0.05) is 0 Å². The summed E-state index contributed by atoms with van der Waals surface area (Å²) in [6, 6.07) is 4.81. The molecular weight excluding hydrogens is 328 g/mol. The lowest BCUT2D eigenvalue weighted by Crippen LogP contribution is -2.32. The molecule has 0 atom stereocenters. The van der Waals surface area contributed by atoms with Gasteiger partial charge in [0.1, 0.15) is 11.4 Å². The van der Waals surface area contributed by atoms with Crippen LogP contribution in [0.1, 0.15) is 16.1 Å². The second-order valence-electron chi connectivity index (χ2n) is 5.42. The van der Waals surface area contributed by atoms with E-state index in [1.807, 2.05) is 0 Å². The topological polar surface area (TPSA) is 168 Å². The Morgan fingerprint density at radius 3 is 2.52 bits per heavy atom. The van der Waals surface area contributed by atoms with E-state index < -0.39 is 28.4 Å². The number of H-pyrrole nitrogens is 1. The Labute approximate surface area is 139 Å². The molecule has 0 saturated carbocycles. The lowest BCUT2D eigenvalue weighted by molar-refractivity contribution is -0.115. The minimum atomic E-state index is -0.946. The maximum atomic E-state index is 11.6. The highest BCUT2D eigenvalue weighted by Gasteiger charge is 2.21. The summed E-state index contributed by atoms with van der Waals surface area (Å²) in [4.78, 5) is 47.9. The van der Waals surface area contributed by atoms with Crippen LogP contribution >= 0.6 is 0 Å². The lowest BCUT2D eigenvalue weighted by Gasteiger charge is -2.09. The van der Waals surface area contributed by atoms with Crippen LogP contribution in [0.5, 0.6) is 5.75 Å². The molecule has 2 amide bonds. The molecule has 25 heavy (non-hydrogen) atoms. The zero-order valence-electron chi connectivity index (χ0n) is 12.8. The molecule has 7 N–H and O–H groups in total. The normalized spacial score (nSPS) is 11.0. The van der Waals surface area contributed by atoms with E-state index in [0.29, 0.717) is 22.2 Å². The molecule has 0 unspecified atom stereocenters. The summed E-state index contributed by atoms with van der Waals surface area (Å²) in [6.07, 6.45) is 1.29. The van der Waals surface area contributed by atoms with Crippen LogP contribution in [-0.4, -0.2) is 21.9 Å². The van der Waals surface area contributed by atoms with Crippen molar-refractivity contribution < 1.29 is 14.7 Å². The van der Waals surface area contributed by atoms with E-state index in [1.54, 1.807) is 18.2 Å². The van der Waals surface area contributed by atoms with Gasteiger partial charge in [0.15, 0.2) is 5.75 Å². The van der Waals surface area contributed by atoms with Crippen LogP contribution in [0.2, 0.25) is 0 Å². The quantitative estimate of drug-likeness (QED) is 0.380. The highest BCUT2D eigenvalue weighted by Crippen LogP contribution is 2.29. The van der Waals surface area contributed by atoms with E-state index in [2.05, 4.69) is 10.3 Å². The molecule has 0 bridgehead atoms. The highest BCUT2D eigenvalue weighted by atomic mass is 16.3. The van der Waals surface area contributed by atoms with E-state index >= 15 is 0 Å². The third kappa shape index (κ3) is 2.71. The molecule has 3 aromatic rings. The zero-order valence-corrected chi connectivity index (χ0v) is 12.8. The van der Waals surface area contributed by atoms with Crippen molar-refractivity contribution in [2.75, 3.05) is 5.32 Å². The van der Waals surface area contributed by atoms with Crippen molar-refractivity contribution in [2.24, 2.45) is 11.5 Å². The van der Waals surface area contributed by atoms with Crippen LogP contribution < -0.4 is 27.6 Å². The molecule has 9 nitrogen and oxygen atoms in total. The smallest absolute Gasteiger partial charge is 0.271 e. The first-order chi connectivity index (χ1) is 11.8. The number of nitrogens with two attached hydrogens (primary N) is 2. The number of amides is 2. The summed E-state index contributed by atoms with van der Waals surface area (Å²) < 4.78 is 0. The van der Waals surface area contributed by atoms with Crippen LogP contribution in [0.4, 0.5) is 11.4 Å². The fourth-order valence-corrected chi connectivity index (χ4v) is 2.59. The summed E-state index contributed by atoms with van der Waals surface area (Å²) in [6.45, 7) is 0. The van der Waals surface area contributed by atoms with Gasteiger partial charge in [0.2, 0.25) is 5.91 Å². The fourth-order valence-electron chi connectivity index (χ4n) is 2.59. The van der Waals surface area contributed by atoms with Crippen molar-refractivity contribution in [3.05, 3.63) is 56.3 Å². The molecule has 1 aromatic heterocycles. The van der Waals surface area contributed by atoms with Crippen molar-refractivity contribution in [2.45, 2.75) is 6.42 Å². The molecule has 0 aliphatic rings. The zero-order chi connectivity index (χ0) is 18.3. The maximum absolute atomic E-state index is 11.6. The first-order valence-corrected chi connectivity index (χ1v) is 7.16. The van der Waals surface area contributed by atoms with Gasteiger partial charge in [-0.3, -0.25) is 19.2 Å². The Hall–Kier alpha value is -3.62. The Morgan fingerprint density at radius 2 is 1.92 bits per heavy atom. The third-order valence-electron chi connectivity index (χ3n) is 3.81. The first kappa shape index (κ1) is 16.2. The van der Waals surface area contributed by atoms with Crippen LogP contribution in [0.15, 0.2) is 27.8 Å². The number of carbonyl (C=O) groups is 2. The minimum absolute atomic E-state index is 0.0857. The molecule has 0 fully saturated rings. The van der Waals surface area contributed by atoms with Crippen molar-refractivity contribution in [3.63, 3.8) is 0 Å². The highest BCUT2D eigenvalue weighted by molar-refractivity contribution is 6.01. The van der Waals surface area contributed by atoms with E-state index in [0.717, 1.165) is 0 Å². The van der Waals surface area contributed by atoms with Gasteiger partial charge in [0, 0.05) is 16.6 Å². The Bertz CT molecular complexity index is 1090. The molecule has 0 aliphatic heterocycles. The van der Waals surface area contributed by atoms with E-state index in [9.17, 15) is 24.3 Å². The van der Waals surface area contributed by atoms with Gasteiger partial charge in [-0.05, 0) is 30.2 Å². The average Bonchev–Trinajstić information content (AvgIpc) is 2.95. The number of hydrogen-bond donors (Lipinski definition) is 5. The second kappa shape index (κ2) is 5.78. The summed E-state index contributed by atoms with van der Waals surface area (Å²) in [5, 5.41) is 12.7. The van der Waals surface area contributed by atoms with Gasteiger partial charge in [0.25, 0.3) is 16.8 Å². The number of anilines is 2. The SMILES string of the molecule is NC(=O)[CH]Cc1c(C(N)=O)[nH]c2ccc(Nc3c(O)c(=O)c3=O)cc12. The number of primary amides is 2. The molecule has 2 aromatic carbocycles. The summed E-state index contributed by atoms with van der Waals surface area (Å²) in [5.74, 6) is -1.97. The Kier molecular flexibility index (Phi) is 3.76. The number of fused-ring (bicyclic) bond motifs is 1. The fraction of sp³-hybridized carbons (Fsp3) is 0.0625. The molecule has 0 aliphatic carbocycles. The van der Waals surface area contributed by atoms with Crippen molar-refractivity contribution in [1.29, 1.82) is 0 Å². The second-order valence-corrected chi connectivity index (χ2v) is 5.42. The van der Waals surface area contributed by atoms with E-state index in [1.165, 1.54) is 6.42 Å². The van der Waals surface area contributed by atoms with Gasteiger partial charge >= 0.3 is 0 Å². The number of aromatic amines is 1. The minimum Gasteiger partial charge on any atom is -0.502 e. The number of hydrogen-bond acceptors (Lipinski definition) is 6. The van der Waals surface area contributed by atoms with Gasteiger partial charge in [-0.2, -0.15) is 0 Å². The maximum Gasteiger partial charge on any atom is 0.271 e. The molecule has 3 rings (SSSR count). The average molecular weight is 341 g/mol. The standard InChI is InChI=1S/C16H13N4O5/c17-10(21)4-2-7-8-5-6(19-12-13(22)15(24)14(12)23)1-3-9(8)20-11(7)16(18)25/h1,3-5,19-20,22H,2H2,(H2,17,21)(H2,18,25). The number of nitrogens with one attached hydrogen (secondary N) is 2. The summed E-state index contributed by atoms with van der Waals surface area (Å²) in [7, 11) is 0. The molecule has 1 radical (unpaired) electrons. The number of rotatable bonds is 6. The van der Waals surface area contributed by atoms with Crippen LogP contribution in [0, 0.1) is 6.42 Å². The molecule has 0 spiro atoms. The van der Waals surface area contributed by atoms with Crippen LogP contribution in [0.25, 0.3) is 10.9 Å². The van der Waals surface area contributed by atoms with E-state index in [4.69, 9.17) is 11.5 Å². The molecule has 1 heterocycles. The third-order valence-corrected chi connectivity index (χ3v) is 3.81. The van der Waals surface area contributed by atoms with Crippen LogP contribution in [-0.2, 0) is 11.2 Å². The lowest BCUT2D eigenvalue weighted by atomic mass is 10.0. The van der Waals surface area contributed by atoms with Gasteiger partial charge < -0.3 is 26.9 Å². The van der Waals surface area contributed by atoms with E-state index in [-0.39, 0.29) is 17.8 Å². The van der Waals surface area contributed by atoms with Crippen molar-refractivity contribution in [3.8, 4) is 5.75 Å². The van der Waals surface area contributed by atoms with Gasteiger partial charge in [-0.25, -0.2) is 0 Å². The Morgan fingerprint density at radius 1 is 1.20 bits per heavy atom. The molecular formula is C16H13N4O5. The Balaban J connectivity index is 2.04. The predicted octanol–water partition coefficient (Wildman–Crippen LogP) is -0.456. The van der Waals surface area contributed by atoms with Crippen molar-refractivity contribution >= 4 is 34.1 Å². The molecule has 9 heteroatoms. The van der Waals surface area contributed by atoms with Gasteiger partial charge in [-0.15, -0.1) is 0 Å². The summed E-state index contributed by atoms with van der Waals surface area (Å²) in [5.41, 5.74) is 10.1. The predicted molar refractivity (Wildman–Crippen MR) is 90.3 cm³/mol. The molecule has 127 valence electrons. The number of carbonyl (C=O) groups excluding carboxylic acids is 2. The number of aromatic hydroxyl groups is 1. The molecule has 0 saturated heterocycles. The van der Waals surface area contributed by atoms with Crippen molar-refractivity contribution in [1.82, 2.24) is 4.98 Å². The first-order valence-electron chi connectivity index (χ1n) is 7.16. The largest absolute Gasteiger partial charge is 0.502 e. The monoisotopic (exact) mass is 341 g/mol. The van der Waals surface area contributed by atoms with Gasteiger partial charge in [0.05, 0.1) is 6.42 Å². The summed E-state index contributed by atoms with van der Waals surface area (Å²) >= 11 is 0. The number of benzene rings is 1. The number of aromatic nitrogens is 1.